The Balaban J connectivity index is 0.00000300. The molecule has 1 heterocycles. The van der Waals surface area contributed by atoms with E-state index in [0.717, 1.165) is 23.0 Å². The van der Waals surface area contributed by atoms with Gasteiger partial charge in [0.2, 0.25) is 0 Å². The van der Waals surface area contributed by atoms with Crippen molar-refractivity contribution in [3.05, 3.63) is 65.9 Å². The van der Waals surface area contributed by atoms with E-state index < -0.39 is 35.5 Å². The van der Waals surface area contributed by atoms with Crippen molar-refractivity contribution in [3.63, 3.8) is 0 Å². The Kier molecular flexibility index (Phi) is 7.89. The van der Waals surface area contributed by atoms with Crippen molar-refractivity contribution < 1.29 is 79.3 Å². The number of aromatic nitrogens is 1. The zero-order valence-corrected chi connectivity index (χ0v) is 18.5. The summed E-state index contributed by atoms with van der Waals surface area (Å²) in [6.07, 6.45) is -3.15. The van der Waals surface area contributed by atoms with Crippen LogP contribution >= 0.6 is 0 Å². The average Bonchev–Trinajstić information content (AvgIpc) is 3.04. The molecule has 2 aromatic carbocycles. The third-order valence-electron chi connectivity index (χ3n) is 4.17. The third kappa shape index (κ3) is 5.83. The summed E-state index contributed by atoms with van der Waals surface area (Å²) in [6.45, 7) is 0. The number of hydrogen-bond acceptors (Lipinski definition) is 3. The summed E-state index contributed by atoms with van der Waals surface area (Å²) in [4.78, 5) is 26.5. The van der Waals surface area contributed by atoms with Crippen LogP contribution in [0.25, 0.3) is 10.9 Å². The van der Waals surface area contributed by atoms with Crippen molar-refractivity contribution in [1.29, 1.82) is 0 Å². The number of carbonyl (C=O) groups excluding carboxylic acids is 2. The number of halogens is 3. The number of hydrogen-bond donors (Lipinski definition) is 3. The first-order valence-electron chi connectivity index (χ1n) is 8.25. The van der Waals surface area contributed by atoms with Gasteiger partial charge < -0.3 is 25.5 Å². The molecule has 0 aliphatic carbocycles. The quantitative estimate of drug-likeness (QED) is 0.485. The van der Waals surface area contributed by atoms with E-state index in [-0.39, 0.29) is 57.8 Å². The summed E-state index contributed by atoms with van der Waals surface area (Å²) in [5.74, 6) is -1.55. The van der Waals surface area contributed by atoms with Gasteiger partial charge >= 0.3 is 63.6 Å². The molecule has 0 radical (unpaired) electrons. The van der Waals surface area contributed by atoms with Crippen LogP contribution in [0, 0.1) is 0 Å². The molecule has 0 bridgehead atoms. The van der Waals surface area contributed by atoms with Gasteiger partial charge in [-0.15, -0.1) is 0 Å². The average molecular weight is 429 g/mol. The van der Waals surface area contributed by atoms with E-state index in [4.69, 9.17) is 0 Å². The van der Waals surface area contributed by atoms with Crippen molar-refractivity contribution in [3.8, 4) is 0 Å². The van der Waals surface area contributed by atoms with Crippen LogP contribution in [0.15, 0.2) is 54.7 Å². The SMILES string of the molecule is O=C(Nc1ccccc1C(F)(F)F)N[C@H](Cc1c[nH]c2ccccc12)C(=O)[O-].[K+]. The van der Waals surface area contributed by atoms with Crippen molar-refractivity contribution in [1.82, 2.24) is 10.3 Å². The number of anilines is 1. The van der Waals surface area contributed by atoms with E-state index in [1.165, 1.54) is 12.1 Å². The molecule has 0 saturated carbocycles. The standard InChI is InChI=1S/C19H16F3N3O3.K/c20-19(21,22)13-6-2-4-8-15(13)24-18(28)25-16(17(26)27)9-11-10-23-14-7-3-1-5-12(11)14;/h1-8,10,16,23H,9H2,(H,26,27)(H2,24,25,28);/q;+1/p-1/t16-;/m1./s1. The summed E-state index contributed by atoms with van der Waals surface area (Å²) in [6, 6.07) is 9.08. The van der Waals surface area contributed by atoms with E-state index in [1.54, 1.807) is 24.4 Å². The van der Waals surface area contributed by atoms with Gasteiger partial charge in [-0.3, -0.25) is 0 Å². The molecule has 0 spiro atoms. The molecule has 1 atom stereocenters. The number of aromatic amines is 1. The number of rotatable bonds is 5. The molecular weight excluding hydrogens is 414 g/mol. The Morgan fingerprint density at radius 3 is 2.41 bits per heavy atom. The molecular formula is C19H15F3KN3O3. The second kappa shape index (κ2) is 9.77. The minimum absolute atomic E-state index is 0. The van der Waals surface area contributed by atoms with Gasteiger partial charge in [0.15, 0.2) is 0 Å². The van der Waals surface area contributed by atoms with Crippen LogP contribution in [-0.4, -0.2) is 23.0 Å². The molecule has 146 valence electrons. The van der Waals surface area contributed by atoms with Crippen LogP contribution in [0.1, 0.15) is 11.1 Å². The normalized spacial score (nSPS) is 12.1. The number of fused-ring (bicyclic) bond motifs is 1. The molecule has 0 saturated heterocycles. The topological polar surface area (TPSA) is 97.1 Å². The first-order valence-corrected chi connectivity index (χ1v) is 8.25. The van der Waals surface area contributed by atoms with Gasteiger partial charge in [0, 0.05) is 23.5 Å². The monoisotopic (exact) mass is 429 g/mol. The van der Waals surface area contributed by atoms with Gasteiger partial charge in [-0.1, -0.05) is 30.3 Å². The molecule has 1 aromatic heterocycles. The van der Waals surface area contributed by atoms with Gasteiger partial charge in [0.05, 0.1) is 23.3 Å². The number of para-hydroxylation sites is 2. The number of alkyl halides is 3. The number of aliphatic carboxylic acids is 1. The van der Waals surface area contributed by atoms with Crippen LogP contribution in [0.2, 0.25) is 0 Å². The van der Waals surface area contributed by atoms with Crippen molar-refractivity contribution in [2.75, 3.05) is 5.32 Å². The predicted octanol–water partition coefficient (Wildman–Crippen LogP) is -0.327. The first kappa shape index (κ1) is 23.4. The maximum Gasteiger partial charge on any atom is 1.00 e. The molecule has 0 fully saturated rings. The summed E-state index contributed by atoms with van der Waals surface area (Å²) in [5.41, 5.74) is -0.0950. The van der Waals surface area contributed by atoms with E-state index in [9.17, 15) is 27.9 Å². The molecule has 3 aromatic rings. The molecule has 6 nitrogen and oxygen atoms in total. The summed E-state index contributed by atoms with van der Waals surface area (Å²) in [7, 11) is 0. The Morgan fingerprint density at radius 1 is 1.07 bits per heavy atom. The van der Waals surface area contributed by atoms with Gasteiger partial charge in [-0.05, 0) is 23.8 Å². The number of benzene rings is 2. The molecule has 0 unspecified atom stereocenters. The maximum absolute atomic E-state index is 13.0. The van der Waals surface area contributed by atoms with Gasteiger partial charge in [-0.25, -0.2) is 4.79 Å². The second-order valence-corrected chi connectivity index (χ2v) is 6.08. The van der Waals surface area contributed by atoms with Crippen LogP contribution in [0.3, 0.4) is 0 Å². The summed E-state index contributed by atoms with van der Waals surface area (Å²) < 4.78 is 39.0. The van der Waals surface area contributed by atoms with Crippen LogP contribution < -0.4 is 67.1 Å². The first-order chi connectivity index (χ1) is 13.3. The molecule has 29 heavy (non-hydrogen) atoms. The Labute approximate surface area is 206 Å². The van der Waals surface area contributed by atoms with E-state index in [1.807, 2.05) is 6.07 Å². The Morgan fingerprint density at radius 2 is 1.72 bits per heavy atom. The molecule has 10 heteroatoms. The number of amides is 2. The fraction of sp³-hybridized carbons (Fsp3) is 0.158. The number of carbonyl (C=O) groups is 2. The Bertz CT molecular complexity index is 1020. The van der Waals surface area contributed by atoms with Crippen LogP contribution in [0.5, 0.6) is 0 Å². The number of H-pyrrole nitrogens is 1. The minimum Gasteiger partial charge on any atom is -0.548 e. The van der Waals surface area contributed by atoms with Gasteiger partial charge in [0.1, 0.15) is 0 Å². The fourth-order valence-corrected chi connectivity index (χ4v) is 2.87. The molecule has 3 N–H and O–H groups in total. The zero-order valence-electron chi connectivity index (χ0n) is 15.3. The van der Waals surface area contributed by atoms with Gasteiger partial charge in [0.25, 0.3) is 0 Å². The number of urea groups is 1. The van der Waals surface area contributed by atoms with E-state index in [0.29, 0.717) is 5.56 Å². The third-order valence-corrected chi connectivity index (χ3v) is 4.17. The van der Waals surface area contributed by atoms with Crippen molar-refractivity contribution >= 4 is 28.6 Å². The largest absolute Gasteiger partial charge is 1.00 e. The zero-order chi connectivity index (χ0) is 20.3. The second-order valence-electron chi connectivity index (χ2n) is 6.08. The summed E-state index contributed by atoms with van der Waals surface area (Å²) in [5, 5.41) is 16.4. The summed E-state index contributed by atoms with van der Waals surface area (Å²) >= 11 is 0. The minimum atomic E-state index is -4.67. The van der Waals surface area contributed by atoms with Gasteiger partial charge in [-0.2, -0.15) is 13.2 Å². The van der Waals surface area contributed by atoms with Crippen molar-refractivity contribution in [2.24, 2.45) is 0 Å². The number of carboxylic acids is 1. The molecule has 2 amide bonds. The number of carboxylic acid groups (broad SMARTS) is 1. The molecule has 3 rings (SSSR count). The fourth-order valence-electron chi connectivity index (χ4n) is 2.87. The molecule has 0 aliphatic rings. The molecule has 0 aliphatic heterocycles. The predicted molar refractivity (Wildman–Crippen MR) is 94.4 cm³/mol. The number of nitrogens with one attached hydrogen (secondary N) is 3. The Hall–Kier alpha value is -1.85. The smallest absolute Gasteiger partial charge is 0.548 e. The van der Waals surface area contributed by atoms with Crippen LogP contribution in [0.4, 0.5) is 23.7 Å². The maximum atomic E-state index is 13.0. The van der Waals surface area contributed by atoms with Crippen molar-refractivity contribution in [2.45, 2.75) is 18.6 Å². The van der Waals surface area contributed by atoms with Crippen LogP contribution in [-0.2, 0) is 17.4 Å². The van der Waals surface area contributed by atoms with E-state index in [2.05, 4.69) is 15.6 Å². The van der Waals surface area contributed by atoms with E-state index >= 15 is 0 Å².